The smallest absolute Gasteiger partial charge is 0.255 e. The van der Waals surface area contributed by atoms with Crippen molar-refractivity contribution >= 4 is 28.2 Å². The van der Waals surface area contributed by atoms with Crippen molar-refractivity contribution in [3.05, 3.63) is 35.3 Å². The zero-order valence-electron chi connectivity index (χ0n) is 15.0. The number of piperidine rings is 1. The molecule has 0 radical (unpaired) electrons. The summed E-state index contributed by atoms with van der Waals surface area (Å²) in [5, 5.41) is 28.8. The van der Waals surface area contributed by atoms with E-state index in [9.17, 15) is 4.79 Å². The number of carbonyl (C=O) groups is 1. The molecule has 0 aliphatic carbocycles. The highest BCUT2D eigenvalue weighted by atomic mass is 16.1. The minimum absolute atomic E-state index is 0.0704. The molecule has 1 aromatic carbocycles. The van der Waals surface area contributed by atoms with Gasteiger partial charge in [-0.2, -0.15) is 10.2 Å². The number of anilines is 2. The number of aromatic nitrogens is 4. The summed E-state index contributed by atoms with van der Waals surface area (Å²) in [6, 6.07) is 4.25. The van der Waals surface area contributed by atoms with Gasteiger partial charge in [0.2, 0.25) is 0 Å². The van der Waals surface area contributed by atoms with Crippen molar-refractivity contribution in [2.45, 2.75) is 32.0 Å². The van der Waals surface area contributed by atoms with E-state index < -0.39 is 0 Å². The summed E-state index contributed by atoms with van der Waals surface area (Å²) in [5.41, 5.74) is 4.95. The number of hydrogen-bond acceptors (Lipinski definition) is 6. The first-order valence-corrected chi connectivity index (χ1v) is 9.25. The Balaban J connectivity index is 1.40. The van der Waals surface area contributed by atoms with Gasteiger partial charge in [-0.1, -0.05) is 0 Å². The lowest BCUT2D eigenvalue weighted by atomic mass is 10.1. The number of nitrogens with one attached hydrogen (secondary N) is 6. The van der Waals surface area contributed by atoms with Crippen LogP contribution in [0.4, 0.5) is 11.4 Å². The number of nitrogens with zero attached hydrogens (tertiary/aromatic N) is 2. The quantitative estimate of drug-likeness (QED) is 0.419. The molecule has 0 saturated carbocycles. The molecule has 5 rings (SSSR count). The second kappa shape index (κ2) is 6.27. The average molecular weight is 366 g/mol. The Morgan fingerprint density at radius 3 is 2.74 bits per heavy atom. The van der Waals surface area contributed by atoms with Gasteiger partial charge in [0.1, 0.15) is 11.9 Å². The highest BCUT2D eigenvalue weighted by Gasteiger charge is 2.30. The number of fused-ring (bicyclic) bond motifs is 2. The molecule has 1 unspecified atom stereocenters. The lowest BCUT2D eigenvalue weighted by Gasteiger charge is -2.24. The molecule has 3 aromatic rings. The average Bonchev–Trinajstić information content (AvgIpc) is 3.37. The van der Waals surface area contributed by atoms with E-state index in [0.717, 1.165) is 53.9 Å². The van der Waals surface area contributed by atoms with Crippen molar-refractivity contribution in [2.24, 2.45) is 0 Å². The molecule has 1 amide bonds. The second-order valence-corrected chi connectivity index (χ2v) is 7.18. The molecule has 1 fully saturated rings. The molecule has 6 N–H and O–H groups in total. The molecule has 9 heteroatoms. The molecule has 1 saturated heterocycles. The minimum atomic E-state index is -0.266. The van der Waals surface area contributed by atoms with E-state index >= 15 is 0 Å². The van der Waals surface area contributed by atoms with Crippen molar-refractivity contribution in [3.63, 3.8) is 0 Å². The van der Waals surface area contributed by atoms with Crippen LogP contribution in [0.2, 0.25) is 0 Å². The van der Waals surface area contributed by atoms with E-state index in [1.165, 1.54) is 0 Å². The Bertz CT molecular complexity index is 960. The number of hydrogen-bond donors (Lipinski definition) is 6. The fourth-order valence-electron chi connectivity index (χ4n) is 3.88. The largest absolute Gasteiger partial charge is 0.359 e. The van der Waals surface area contributed by atoms with Crippen LogP contribution in [0, 0.1) is 6.92 Å². The van der Waals surface area contributed by atoms with Gasteiger partial charge in [-0.25, -0.2) is 0 Å². The molecule has 2 aromatic heterocycles. The molecule has 4 heterocycles. The zero-order chi connectivity index (χ0) is 18.4. The Labute approximate surface area is 155 Å². The molecular weight excluding hydrogens is 344 g/mol. The Kier molecular flexibility index (Phi) is 3.75. The number of aromatic amines is 2. The fraction of sp³-hybridized carbons (Fsp3) is 0.389. The van der Waals surface area contributed by atoms with Crippen LogP contribution in [0.25, 0.3) is 10.9 Å². The van der Waals surface area contributed by atoms with Crippen LogP contribution >= 0.6 is 0 Å². The zero-order valence-corrected chi connectivity index (χ0v) is 15.0. The molecule has 2 aliphatic rings. The van der Waals surface area contributed by atoms with Crippen molar-refractivity contribution in [2.75, 3.05) is 23.7 Å². The van der Waals surface area contributed by atoms with E-state index in [0.29, 0.717) is 11.3 Å². The lowest BCUT2D eigenvalue weighted by molar-refractivity contribution is 0.0928. The molecule has 0 bridgehead atoms. The third kappa shape index (κ3) is 2.80. The van der Waals surface area contributed by atoms with Crippen molar-refractivity contribution in [1.82, 2.24) is 31.0 Å². The first kappa shape index (κ1) is 16.1. The standard InChI is InChI=1S/C18H22N8O/c1-9-15(18(27)21-11-2-4-19-5-3-11)16(26-24-9)17-22-13-6-10-8-20-25-12(10)7-14(13)23-17/h6-8,11,17,19,22-23H,2-5H2,1H3,(H,20,25)(H,21,27)(H,24,26). The maximum absolute atomic E-state index is 12.9. The van der Waals surface area contributed by atoms with Crippen LogP contribution in [0.5, 0.6) is 0 Å². The van der Waals surface area contributed by atoms with Gasteiger partial charge >= 0.3 is 0 Å². The normalized spacial score (nSPS) is 19.5. The summed E-state index contributed by atoms with van der Waals surface area (Å²) in [5.74, 6) is -0.0704. The summed E-state index contributed by atoms with van der Waals surface area (Å²) >= 11 is 0. The van der Waals surface area contributed by atoms with Gasteiger partial charge < -0.3 is 21.3 Å². The predicted molar refractivity (Wildman–Crippen MR) is 103 cm³/mol. The number of carbonyl (C=O) groups excluding carboxylic acids is 1. The number of benzene rings is 1. The van der Waals surface area contributed by atoms with Crippen LogP contribution in [0.1, 0.15) is 40.8 Å². The van der Waals surface area contributed by atoms with Gasteiger partial charge in [-0.15, -0.1) is 0 Å². The highest BCUT2D eigenvalue weighted by molar-refractivity contribution is 5.98. The van der Waals surface area contributed by atoms with Crippen molar-refractivity contribution in [3.8, 4) is 0 Å². The number of H-pyrrole nitrogens is 2. The fourth-order valence-corrected chi connectivity index (χ4v) is 3.88. The molecule has 140 valence electrons. The monoisotopic (exact) mass is 366 g/mol. The number of rotatable bonds is 3. The van der Waals surface area contributed by atoms with Crippen LogP contribution in [0.3, 0.4) is 0 Å². The Morgan fingerprint density at radius 2 is 1.93 bits per heavy atom. The van der Waals surface area contributed by atoms with Crippen molar-refractivity contribution < 1.29 is 4.79 Å². The van der Waals surface area contributed by atoms with E-state index in [1.807, 2.05) is 19.1 Å². The highest BCUT2D eigenvalue weighted by Crippen LogP contribution is 2.38. The molecule has 1 atom stereocenters. The van der Waals surface area contributed by atoms with Crippen LogP contribution in [0.15, 0.2) is 18.3 Å². The van der Waals surface area contributed by atoms with Gasteiger partial charge in [0, 0.05) is 17.1 Å². The molecule has 27 heavy (non-hydrogen) atoms. The van der Waals surface area contributed by atoms with Crippen LogP contribution in [-0.2, 0) is 0 Å². The molecular formula is C18H22N8O. The SMILES string of the molecule is Cc1[nH]nc(C2Nc3cc4cn[nH]c4cc3N2)c1C(=O)NC1CCNCC1. The van der Waals surface area contributed by atoms with Gasteiger partial charge in [0.05, 0.1) is 28.7 Å². The van der Waals surface area contributed by atoms with E-state index in [2.05, 4.69) is 41.7 Å². The van der Waals surface area contributed by atoms with Gasteiger partial charge in [0.25, 0.3) is 5.91 Å². The van der Waals surface area contributed by atoms with Gasteiger partial charge in [-0.05, 0) is 45.0 Å². The summed E-state index contributed by atoms with van der Waals surface area (Å²) < 4.78 is 0. The van der Waals surface area contributed by atoms with Crippen molar-refractivity contribution in [1.29, 1.82) is 0 Å². The first-order valence-electron chi connectivity index (χ1n) is 9.25. The second-order valence-electron chi connectivity index (χ2n) is 7.18. The molecule has 2 aliphatic heterocycles. The third-order valence-electron chi connectivity index (χ3n) is 5.33. The van der Waals surface area contributed by atoms with E-state index in [1.54, 1.807) is 6.20 Å². The summed E-state index contributed by atoms with van der Waals surface area (Å²) in [7, 11) is 0. The molecule has 0 spiro atoms. The van der Waals surface area contributed by atoms with E-state index in [-0.39, 0.29) is 18.1 Å². The summed E-state index contributed by atoms with van der Waals surface area (Å²) in [6.07, 6.45) is 3.42. The first-order chi connectivity index (χ1) is 13.2. The Morgan fingerprint density at radius 1 is 1.15 bits per heavy atom. The number of amides is 1. The third-order valence-corrected chi connectivity index (χ3v) is 5.33. The van der Waals surface area contributed by atoms with Crippen LogP contribution < -0.4 is 21.3 Å². The topological polar surface area (TPSA) is 123 Å². The van der Waals surface area contributed by atoms with Gasteiger partial charge in [0.15, 0.2) is 0 Å². The Hall–Kier alpha value is -3.07. The molecule has 9 nitrogen and oxygen atoms in total. The minimum Gasteiger partial charge on any atom is -0.359 e. The predicted octanol–water partition coefficient (Wildman–Crippen LogP) is 1.61. The van der Waals surface area contributed by atoms with Crippen LogP contribution in [-0.4, -0.2) is 45.4 Å². The lowest BCUT2D eigenvalue weighted by Crippen LogP contribution is -2.43. The maximum Gasteiger partial charge on any atom is 0.255 e. The summed E-state index contributed by atoms with van der Waals surface area (Å²) in [6.45, 7) is 3.75. The maximum atomic E-state index is 12.9. The van der Waals surface area contributed by atoms with Gasteiger partial charge in [-0.3, -0.25) is 15.0 Å². The summed E-state index contributed by atoms with van der Waals surface area (Å²) in [4.78, 5) is 12.9. The number of aryl methyl sites for hydroxylation is 1. The van der Waals surface area contributed by atoms with E-state index in [4.69, 9.17) is 0 Å².